The average molecular weight is 262 g/mol. The molecule has 0 spiro atoms. The highest BCUT2D eigenvalue weighted by Crippen LogP contribution is 2.30. The molecule has 7 heteroatoms. The number of carbonyl (C=O) groups is 1. The number of rotatable bonds is 2. The van der Waals surface area contributed by atoms with E-state index in [2.05, 4.69) is 4.98 Å². The summed E-state index contributed by atoms with van der Waals surface area (Å²) in [6.45, 7) is 1.64. The highest BCUT2D eigenvalue weighted by molar-refractivity contribution is 7.16. The Morgan fingerprint density at radius 1 is 1.56 bits per heavy atom. The van der Waals surface area contributed by atoms with E-state index in [-0.39, 0.29) is 12.5 Å². The second kappa shape index (κ2) is 4.57. The topological polar surface area (TPSA) is 56.7 Å². The highest BCUT2D eigenvalue weighted by atomic mass is 35.5. The van der Waals surface area contributed by atoms with Gasteiger partial charge >= 0.3 is 0 Å². The molecule has 1 aromatic rings. The van der Waals surface area contributed by atoms with Gasteiger partial charge in [0.25, 0.3) is 0 Å². The molecule has 16 heavy (non-hydrogen) atoms. The number of nitrogens with zero attached hydrogens (tertiary/aromatic N) is 3. The summed E-state index contributed by atoms with van der Waals surface area (Å²) in [5.74, 6) is 0.0723. The molecule has 1 aliphatic rings. The van der Waals surface area contributed by atoms with Crippen molar-refractivity contribution in [3.8, 4) is 0 Å². The number of hydrogen-bond donors (Lipinski definition) is 1. The van der Waals surface area contributed by atoms with Gasteiger partial charge in [0, 0.05) is 20.1 Å². The summed E-state index contributed by atoms with van der Waals surface area (Å²) in [5.41, 5.74) is 0. The van der Waals surface area contributed by atoms with Gasteiger partial charge in [0.2, 0.25) is 5.91 Å². The normalized spacial score (nSPS) is 17.1. The van der Waals surface area contributed by atoms with Crippen LogP contribution < -0.4 is 4.90 Å². The smallest absolute Gasteiger partial charge is 0.241 e. The van der Waals surface area contributed by atoms with Gasteiger partial charge < -0.3 is 14.9 Å². The number of aliphatic hydroxyl groups excluding tert-OH is 1. The molecule has 88 valence electrons. The van der Waals surface area contributed by atoms with Gasteiger partial charge in [-0.05, 0) is 0 Å². The van der Waals surface area contributed by atoms with Gasteiger partial charge in [-0.2, -0.15) is 0 Å². The van der Waals surface area contributed by atoms with E-state index in [1.807, 2.05) is 4.90 Å². The standard InChI is InChI=1S/C9H12ClN3O2S/c1-12-2-3-13(4-7(12)15)9-11-8(10)6(5-14)16-9/h14H,2-5H2,1H3. The van der Waals surface area contributed by atoms with E-state index in [9.17, 15) is 4.79 Å². The largest absolute Gasteiger partial charge is 0.391 e. The molecular weight excluding hydrogens is 250 g/mol. The van der Waals surface area contributed by atoms with E-state index >= 15 is 0 Å². The molecule has 2 rings (SSSR count). The molecule has 5 nitrogen and oxygen atoms in total. The van der Waals surface area contributed by atoms with Gasteiger partial charge in [0.1, 0.15) is 5.15 Å². The summed E-state index contributed by atoms with van der Waals surface area (Å²) in [5, 5.41) is 10.0. The molecule has 0 unspecified atom stereocenters. The van der Waals surface area contributed by atoms with Crippen molar-refractivity contribution in [3.05, 3.63) is 10.0 Å². The molecule has 0 radical (unpaired) electrons. The maximum Gasteiger partial charge on any atom is 0.241 e. The van der Waals surface area contributed by atoms with Crippen LogP contribution in [0.5, 0.6) is 0 Å². The number of thiazole rings is 1. The molecule has 2 heterocycles. The predicted octanol–water partition coefficient (Wildman–Crippen LogP) is 0.567. The monoisotopic (exact) mass is 261 g/mol. The Hall–Kier alpha value is -0.850. The zero-order valence-corrected chi connectivity index (χ0v) is 10.4. The lowest BCUT2D eigenvalue weighted by Gasteiger charge is -2.31. The Bertz CT molecular complexity index is 409. The zero-order valence-electron chi connectivity index (χ0n) is 8.81. The molecule has 0 atom stereocenters. The Labute approximate surface area is 102 Å². The van der Waals surface area contributed by atoms with Crippen LogP contribution in [-0.4, -0.2) is 47.6 Å². The van der Waals surface area contributed by atoms with Crippen molar-refractivity contribution in [1.82, 2.24) is 9.88 Å². The maximum atomic E-state index is 11.5. The van der Waals surface area contributed by atoms with Gasteiger partial charge in [-0.3, -0.25) is 4.79 Å². The fourth-order valence-electron chi connectivity index (χ4n) is 1.48. The van der Waals surface area contributed by atoms with Gasteiger partial charge in [0.15, 0.2) is 5.13 Å². The van der Waals surface area contributed by atoms with Crippen molar-refractivity contribution in [2.75, 3.05) is 31.6 Å². The van der Waals surface area contributed by atoms with Crippen molar-refractivity contribution in [1.29, 1.82) is 0 Å². The summed E-state index contributed by atoms with van der Waals surface area (Å²) in [6.07, 6.45) is 0. The van der Waals surface area contributed by atoms with Gasteiger partial charge in [-0.1, -0.05) is 22.9 Å². The van der Waals surface area contributed by atoms with E-state index in [1.165, 1.54) is 11.3 Å². The predicted molar refractivity (Wildman–Crippen MR) is 62.9 cm³/mol. The maximum absolute atomic E-state index is 11.5. The van der Waals surface area contributed by atoms with Crippen LogP contribution >= 0.6 is 22.9 Å². The number of halogens is 1. The Balaban J connectivity index is 2.15. The Morgan fingerprint density at radius 3 is 2.88 bits per heavy atom. The van der Waals surface area contributed by atoms with Crippen LogP contribution in [0.25, 0.3) is 0 Å². The number of likely N-dealkylation sites (N-methyl/N-ethyl adjacent to an activating group) is 1. The van der Waals surface area contributed by atoms with Crippen molar-refractivity contribution >= 4 is 34.0 Å². The first kappa shape index (κ1) is 11.6. The number of aliphatic hydroxyl groups is 1. The zero-order chi connectivity index (χ0) is 11.7. The minimum Gasteiger partial charge on any atom is -0.391 e. The summed E-state index contributed by atoms with van der Waals surface area (Å²) in [6, 6.07) is 0. The van der Waals surface area contributed by atoms with Crippen molar-refractivity contribution in [3.63, 3.8) is 0 Å². The number of hydrogen-bond acceptors (Lipinski definition) is 5. The fourth-order valence-corrected chi connectivity index (χ4v) is 2.62. The van der Waals surface area contributed by atoms with Crippen molar-refractivity contribution in [2.24, 2.45) is 0 Å². The lowest BCUT2D eigenvalue weighted by atomic mass is 10.3. The first-order valence-corrected chi connectivity index (χ1v) is 6.06. The third-order valence-corrected chi connectivity index (χ3v) is 4.04. The van der Waals surface area contributed by atoms with E-state index in [0.717, 1.165) is 6.54 Å². The van der Waals surface area contributed by atoms with Crippen LogP contribution in [0.3, 0.4) is 0 Å². The lowest BCUT2D eigenvalue weighted by molar-refractivity contribution is -0.129. The average Bonchev–Trinajstić information content (AvgIpc) is 2.64. The lowest BCUT2D eigenvalue weighted by Crippen LogP contribution is -2.48. The highest BCUT2D eigenvalue weighted by Gasteiger charge is 2.24. The van der Waals surface area contributed by atoms with Gasteiger partial charge in [-0.15, -0.1) is 0 Å². The quantitative estimate of drug-likeness (QED) is 0.846. The minimum absolute atomic E-state index is 0.0723. The number of amides is 1. The second-order valence-corrected chi connectivity index (χ2v) is 5.03. The molecular formula is C9H12ClN3O2S. The van der Waals surface area contributed by atoms with E-state index < -0.39 is 0 Å². The van der Waals surface area contributed by atoms with Crippen LogP contribution in [0.1, 0.15) is 4.88 Å². The van der Waals surface area contributed by atoms with E-state index in [0.29, 0.717) is 28.3 Å². The van der Waals surface area contributed by atoms with Crippen LogP contribution in [0.2, 0.25) is 5.15 Å². The molecule has 0 saturated carbocycles. The summed E-state index contributed by atoms with van der Waals surface area (Å²) in [4.78, 5) is 19.9. The first-order valence-electron chi connectivity index (χ1n) is 4.87. The van der Waals surface area contributed by atoms with Crippen LogP contribution in [0.15, 0.2) is 0 Å². The molecule has 1 aromatic heterocycles. The summed E-state index contributed by atoms with van der Waals surface area (Å²) >= 11 is 7.18. The van der Waals surface area contributed by atoms with Crippen LogP contribution in [0, 0.1) is 0 Å². The number of piperazine rings is 1. The van der Waals surface area contributed by atoms with Crippen LogP contribution in [0.4, 0.5) is 5.13 Å². The number of aromatic nitrogens is 1. The SMILES string of the molecule is CN1CCN(c2nc(Cl)c(CO)s2)CC1=O. The van der Waals surface area contributed by atoms with E-state index in [4.69, 9.17) is 16.7 Å². The molecule has 1 amide bonds. The second-order valence-electron chi connectivity index (χ2n) is 3.61. The Morgan fingerprint density at radius 2 is 2.31 bits per heavy atom. The minimum atomic E-state index is -0.113. The number of carbonyl (C=O) groups excluding carboxylic acids is 1. The molecule has 0 aliphatic carbocycles. The molecule has 1 saturated heterocycles. The third kappa shape index (κ3) is 2.14. The van der Waals surface area contributed by atoms with Crippen molar-refractivity contribution < 1.29 is 9.90 Å². The summed E-state index contributed by atoms with van der Waals surface area (Å²) < 4.78 is 0. The van der Waals surface area contributed by atoms with Gasteiger partial charge in [0.05, 0.1) is 18.0 Å². The van der Waals surface area contributed by atoms with Crippen molar-refractivity contribution in [2.45, 2.75) is 6.61 Å². The molecule has 1 N–H and O–H groups in total. The molecule has 1 aliphatic heterocycles. The fraction of sp³-hybridized carbons (Fsp3) is 0.556. The van der Waals surface area contributed by atoms with Gasteiger partial charge in [-0.25, -0.2) is 4.98 Å². The van der Waals surface area contributed by atoms with E-state index in [1.54, 1.807) is 11.9 Å². The molecule has 0 aromatic carbocycles. The molecule has 1 fully saturated rings. The van der Waals surface area contributed by atoms with Crippen LogP contribution in [-0.2, 0) is 11.4 Å². The third-order valence-electron chi connectivity index (χ3n) is 2.51. The number of anilines is 1. The first-order chi connectivity index (χ1) is 7.61. The summed E-state index contributed by atoms with van der Waals surface area (Å²) in [7, 11) is 1.79. The Kier molecular flexibility index (Phi) is 3.32. The molecule has 0 bridgehead atoms.